The normalized spacial score (nSPS) is 24.8. The summed E-state index contributed by atoms with van der Waals surface area (Å²) in [5, 5.41) is 8.05. The SMILES string of the molecule is COc1ccc([C@]23CCN[C@H]2C/C(=N\NC(=O)c2cccnc2)CC3)cc1OC. The van der Waals surface area contributed by atoms with Crippen molar-refractivity contribution < 1.29 is 14.3 Å². The highest BCUT2D eigenvalue weighted by atomic mass is 16.5. The van der Waals surface area contributed by atoms with E-state index in [1.54, 1.807) is 32.5 Å². The van der Waals surface area contributed by atoms with Gasteiger partial charge in [-0.05, 0) is 55.6 Å². The van der Waals surface area contributed by atoms with Crippen LogP contribution in [-0.4, -0.2) is 43.4 Å². The van der Waals surface area contributed by atoms with Gasteiger partial charge in [-0.15, -0.1) is 0 Å². The van der Waals surface area contributed by atoms with Crippen LogP contribution in [0.4, 0.5) is 0 Å². The van der Waals surface area contributed by atoms with Gasteiger partial charge in [0.1, 0.15) is 0 Å². The third-order valence-corrected chi connectivity index (χ3v) is 6.13. The lowest BCUT2D eigenvalue weighted by molar-refractivity contribution is 0.0954. The molecule has 1 amide bonds. The number of rotatable bonds is 5. The zero-order valence-corrected chi connectivity index (χ0v) is 16.8. The first-order valence-electron chi connectivity index (χ1n) is 9.88. The predicted octanol–water partition coefficient (Wildman–Crippen LogP) is 2.67. The van der Waals surface area contributed by atoms with Gasteiger partial charge in [-0.3, -0.25) is 9.78 Å². The summed E-state index contributed by atoms with van der Waals surface area (Å²) in [4.78, 5) is 16.2. The molecule has 0 bridgehead atoms. The van der Waals surface area contributed by atoms with Crippen molar-refractivity contribution in [2.75, 3.05) is 20.8 Å². The van der Waals surface area contributed by atoms with Crippen LogP contribution in [0, 0.1) is 0 Å². The van der Waals surface area contributed by atoms with E-state index in [1.165, 1.54) is 11.8 Å². The summed E-state index contributed by atoms with van der Waals surface area (Å²) in [7, 11) is 3.32. The van der Waals surface area contributed by atoms with Gasteiger partial charge >= 0.3 is 0 Å². The number of hydrogen-bond donors (Lipinski definition) is 2. The van der Waals surface area contributed by atoms with Crippen LogP contribution in [0.2, 0.25) is 0 Å². The third kappa shape index (κ3) is 3.70. The molecule has 4 rings (SSSR count). The first kappa shape index (κ1) is 19.4. The van der Waals surface area contributed by atoms with Crippen molar-refractivity contribution in [2.24, 2.45) is 5.10 Å². The molecule has 2 aromatic rings. The summed E-state index contributed by atoms with van der Waals surface area (Å²) in [5.74, 6) is 1.27. The van der Waals surface area contributed by atoms with E-state index in [0.717, 1.165) is 49.4 Å². The van der Waals surface area contributed by atoms with E-state index in [-0.39, 0.29) is 17.4 Å². The quantitative estimate of drug-likeness (QED) is 0.762. The molecule has 1 aromatic heterocycles. The van der Waals surface area contributed by atoms with Crippen molar-refractivity contribution in [3.63, 3.8) is 0 Å². The number of hydrogen-bond acceptors (Lipinski definition) is 6. The van der Waals surface area contributed by atoms with Crippen molar-refractivity contribution in [1.29, 1.82) is 0 Å². The summed E-state index contributed by atoms with van der Waals surface area (Å²) >= 11 is 0. The molecule has 2 atom stereocenters. The van der Waals surface area contributed by atoms with Crippen LogP contribution in [0.1, 0.15) is 41.6 Å². The molecule has 152 valence electrons. The smallest absolute Gasteiger partial charge is 0.272 e. The molecule has 2 fully saturated rings. The maximum Gasteiger partial charge on any atom is 0.272 e. The lowest BCUT2D eigenvalue weighted by atomic mass is 9.66. The Morgan fingerprint density at radius 1 is 1.24 bits per heavy atom. The standard InChI is InChI=1S/C22H26N4O3/c1-28-18-6-5-16(12-19(18)29-2)22-8-7-17(13-20(22)24-11-9-22)25-26-21(27)15-4-3-10-23-14-15/h3-6,10,12,14,20,24H,7-9,11,13H2,1-2H3,(H,26,27)/b25-17-/t20-,22-/m0/s1. The fourth-order valence-corrected chi connectivity index (χ4v) is 4.54. The van der Waals surface area contributed by atoms with Gasteiger partial charge < -0.3 is 14.8 Å². The molecule has 2 aliphatic rings. The second kappa shape index (κ2) is 8.21. The second-order valence-corrected chi connectivity index (χ2v) is 7.55. The van der Waals surface area contributed by atoms with Crippen molar-refractivity contribution in [1.82, 2.24) is 15.7 Å². The average molecular weight is 394 g/mol. The number of aromatic nitrogens is 1. The first-order valence-corrected chi connectivity index (χ1v) is 9.88. The van der Waals surface area contributed by atoms with Crippen LogP contribution in [0.3, 0.4) is 0 Å². The molecule has 7 nitrogen and oxygen atoms in total. The Balaban J connectivity index is 1.51. The highest BCUT2D eigenvalue weighted by Crippen LogP contribution is 2.46. The van der Waals surface area contributed by atoms with Gasteiger partial charge in [-0.1, -0.05) is 6.07 Å². The predicted molar refractivity (Wildman–Crippen MR) is 111 cm³/mol. The number of fused-ring (bicyclic) bond motifs is 1. The van der Waals surface area contributed by atoms with Crippen molar-refractivity contribution in [3.8, 4) is 11.5 Å². The molecule has 0 spiro atoms. The Kier molecular flexibility index (Phi) is 5.49. The zero-order chi connectivity index (χ0) is 20.3. The molecule has 1 aliphatic heterocycles. The number of methoxy groups -OCH3 is 2. The fraction of sp³-hybridized carbons (Fsp3) is 0.409. The summed E-state index contributed by atoms with van der Waals surface area (Å²) < 4.78 is 10.9. The van der Waals surface area contributed by atoms with Crippen molar-refractivity contribution in [2.45, 2.75) is 37.1 Å². The number of amides is 1. The fourth-order valence-electron chi connectivity index (χ4n) is 4.54. The van der Waals surface area contributed by atoms with Gasteiger partial charge in [0.2, 0.25) is 0 Å². The van der Waals surface area contributed by atoms with Crippen LogP contribution in [0.15, 0.2) is 47.8 Å². The monoisotopic (exact) mass is 394 g/mol. The summed E-state index contributed by atoms with van der Waals surface area (Å²) in [6, 6.07) is 9.98. The highest BCUT2D eigenvalue weighted by Gasteiger charge is 2.47. The number of carbonyl (C=O) groups is 1. The van der Waals surface area contributed by atoms with Crippen molar-refractivity contribution >= 4 is 11.6 Å². The minimum atomic E-state index is -0.235. The Morgan fingerprint density at radius 3 is 2.86 bits per heavy atom. The molecule has 1 saturated heterocycles. The van der Waals surface area contributed by atoms with Gasteiger partial charge in [0.25, 0.3) is 5.91 Å². The number of nitrogens with zero attached hydrogens (tertiary/aromatic N) is 2. The number of carbonyl (C=O) groups excluding carboxylic acids is 1. The molecular weight excluding hydrogens is 368 g/mol. The molecule has 7 heteroatoms. The van der Waals surface area contributed by atoms with Gasteiger partial charge in [-0.2, -0.15) is 5.10 Å². The number of nitrogens with one attached hydrogen (secondary N) is 2. The van der Waals surface area contributed by atoms with Crippen LogP contribution < -0.4 is 20.2 Å². The molecule has 1 aromatic carbocycles. The van der Waals surface area contributed by atoms with Crippen LogP contribution >= 0.6 is 0 Å². The highest BCUT2D eigenvalue weighted by molar-refractivity contribution is 5.95. The Hall–Kier alpha value is -2.93. The molecule has 1 saturated carbocycles. The van der Waals surface area contributed by atoms with Crippen molar-refractivity contribution in [3.05, 3.63) is 53.9 Å². The van der Waals surface area contributed by atoms with Crippen LogP contribution in [0.5, 0.6) is 11.5 Å². The van der Waals surface area contributed by atoms with E-state index in [4.69, 9.17) is 9.47 Å². The van der Waals surface area contributed by atoms with Crippen LogP contribution in [0.25, 0.3) is 0 Å². The molecule has 0 radical (unpaired) electrons. The van der Waals surface area contributed by atoms with E-state index in [9.17, 15) is 4.79 Å². The third-order valence-electron chi connectivity index (χ3n) is 6.13. The summed E-state index contributed by atoms with van der Waals surface area (Å²) in [6.45, 7) is 0.967. The largest absolute Gasteiger partial charge is 0.493 e. The maximum absolute atomic E-state index is 12.2. The topological polar surface area (TPSA) is 84.8 Å². The second-order valence-electron chi connectivity index (χ2n) is 7.55. The summed E-state index contributed by atoms with van der Waals surface area (Å²) in [5.41, 5.74) is 5.51. The maximum atomic E-state index is 12.2. The van der Waals surface area contributed by atoms with E-state index < -0.39 is 0 Å². The Bertz CT molecular complexity index is 916. The molecule has 29 heavy (non-hydrogen) atoms. The van der Waals surface area contributed by atoms with E-state index in [2.05, 4.69) is 33.0 Å². The van der Waals surface area contributed by atoms with Gasteiger partial charge in [-0.25, -0.2) is 5.43 Å². The lowest BCUT2D eigenvalue weighted by Crippen LogP contribution is -2.46. The average Bonchev–Trinajstić information content (AvgIpc) is 3.22. The minimum Gasteiger partial charge on any atom is -0.493 e. The number of hydrazone groups is 1. The lowest BCUT2D eigenvalue weighted by Gasteiger charge is -2.40. The minimum absolute atomic E-state index is 0.0475. The van der Waals surface area contributed by atoms with Gasteiger partial charge in [0, 0.05) is 36.0 Å². The number of benzene rings is 1. The number of ether oxygens (including phenoxy) is 2. The molecule has 1 aliphatic carbocycles. The first-order chi connectivity index (χ1) is 14.2. The van der Waals surface area contributed by atoms with E-state index in [0.29, 0.717) is 5.56 Å². The number of pyridine rings is 1. The van der Waals surface area contributed by atoms with Gasteiger partial charge in [0.05, 0.1) is 19.8 Å². The zero-order valence-electron chi connectivity index (χ0n) is 16.8. The molecule has 2 N–H and O–H groups in total. The Labute approximate surface area is 170 Å². The van der Waals surface area contributed by atoms with Crippen LogP contribution in [-0.2, 0) is 5.41 Å². The summed E-state index contributed by atoms with van der Waals surface area (Å²) in [6.07, 6.45) is 6.88. The van der Waals surface area contributed by atoms with Gasteiger partial charge in [0.15, 0.2) is 11.5 Å². The molecule has 2 heterocycles. The molecule has 0 unspecified atom stereocenters. The Morgan fingerprint density at radius 2 is 2.10 bits per heavy atom. The van der Waals surface area contributed by atoms with E-state index >= 15 is 0 Å². The molecular formula is C22H26N4O3. The van der Waals surface area contributed by atoms with E-state index in [1.807, 2.05) is 6.07 Å².